The van der Waals surface area contributed by atoms with Gasteiger partial charge in [0.1, 0.15) is 0 Å². The second kappa shape index (κ2) is 11.1. The molecule has 4 atom stereocenters. The highest BCUT2D eigenvalue weighted by Crippen LogP contribution is 2.53. The lowest BCUT2D eigenvalue weighted by Gasteiger charge is -2.53. The largest absolute Gasteiger partial charge is 0.481 e. The molecule has 202 valence electrons. The van der Waals surface area contributed by atoms with Crippen molar-refractivity contribution in [3.8, 4) is 0 Å². The summed E-state index contributed by atoms with van der Waals surface area (Å²) in [5, 5.41) is 10.9. The molecule has 0 saturated carbocycles. The van der Waals surface area contributed by atoms with E-state index in [1.165, 1.54) is 0 Å². The van der Waals surface area contributed by atoms with Crippen molar-refractivity contribution in [1.29, 1.82) is 0 Å². The fraction of sp³-hybridized carbons (Fsp3) is 0.481. The molecular formula is C27H34Cl2N2O5S. The average Bonchev–Trinajstić information content (AvgIpc) is 3.17. The summed E-state index contributed by atoms with van der Waals surface area (Å²) < 4.78 is 22.9. The molecular weight excluding hydrogens is 535 g/mol. The molecule has 2 fully saturated rings. The second-order valence-corrected chi connectivity index (χ2v) is 13.4. The standard InChI is InChI=1S/C27H34Cl2N2O5S/c1-3-22(17-30-12-5-13-37(30,35)36)31-25(18-8-10-20(28)11-9-18)23(19-6-4-7-21(29)14-19)15-27(2,26(31)34)16-24(32)33/h4,6-11,14,22-23,25,35-36H,3,5,12-13,15-17H2,1-2H3,(H,32,33). The highest BCUT2D eigenvalue weighted by molar-refractivity contribution is 8.22. The number of hydrogen-bond donors (Lipinski definition) is 3. The van der Waals surface area contributed by atoms with Crippen molar-refractivity contribution in [2.75, 3.05) is 18.8 Å². The quantitative estimate of drug-likeness (QED) is 0.328. The van der Waals surface area contributed by atoms with Gasteiger partial charge >= 0.3 is 5.97 Å². The van der Waals surface area contributed by atoms with Crippen molar-refractivity contribution in [2.45, 2.75) is 57.5 Å². The number of hydrogen-bond acceptors (Lipinski definition) is 5. The first-order valence-electron chi connectivity index (χ1n) is 12.5. The van der Waals surface area contributed by atoms with E-state index >= 15 is 0 Å². The Hall–Kier alpha value is -1.81. The van der Waals surface area contributed by atoms with Crippen LogP contribution in [-0.2, 0) is 9.59 Å². The first kappa shape index (κ1) is 28.2. The van der Waals surface area contributed by atoms with Gasteiger partial charge in [-0.15, -0.1) is 10.8 Å². The Morgan fingerprint density at radius 1 is 1.14 bits per heavy atom. The van der Waals surface area contributed by atoms with E-state index in [1.807, 2.05) is 42.2 Å². The summed E-state index contributed by atoms with van der Waals surface area (Å²) in [6, 6.07) is 14.1. The van der Waals surface area contributed by atoms with E-state index in [1.54, 1.807) is 29.4 Å². The molecule has 10 heteroatoms. The van der Waals surface area contributed by atoms with E-state index in [0.29, 0.717) is 48.2 Å². The molecule has 2 heterocycles. The molecule has 3 N–H and O–H groups in total. The van der Waals surface area contributed by atoms with Crippen molar-refractivity contribution < 1.29 is 23.8 Å². The van der Waals surface area contributed by atoms with Crippen LogP contribution in [0, 0.1) is 5.41 Å². The minimum Gasteiger partial charge on any atom is -0.481 e. The zero-order valence-electron chi connectivity index (χ0n) is 21.0. The van der Waals surface area contributed by atoms with Gasteiger partial charge in [-0.05, 0) is 54.7 Å². The van der Waals surface area contributed by atoms with Crippen molar-refractivity contribution >= 4 is 45.9 Å². The Morgan fingerprint density at radius 3 is 2.41 bits per heavy atom. The zero-order valence-corrected chi connectivity index (χ0v) is 23.3. The molecule has 4 rings (SSSR count). The monoisotopic (exact) mass is 568 g/mol. The number of likely N-dealkylation sites (tertiary alicyclic amines) is 1. The summed E-state index contributed by atoms with van der Waals surface area (Å²) in [6.07, 6.45) is 1.27. The Morgan fingerprint density at radius 2 is 1.84 bits per heavy atom. The molecule has 37 heavy (non-hydrogen) atoms. The van der Waals surface area contributed by atoms with Gasteiger partial charge in [-0.25, -0.2) is 4.31 Å². The third-order valence-corrected chi connectivity index (χ3v) is 10.1. The van der Waals surface area contributed by atoms with Crippen LogP contribution in [0.25, 0.3) is 0 Å². The SMILES string of the molecule is CCC(CN1CCCS1(O)O)N1C(=O)C(C)(CC(=O)O)CC(c2cccc(Cl)c2)C1c1ccc(Cl)cc1. The molecule has 0 radical (unpaired) electrons. The average molecular weight is 570 g/mol. The summed E-state index contributed by atoms with van der Waals surface area (Å²) in [4.78, 5) is 28.0. The second-order valence-electron chi connectivity index (χ2n) is 10.3. The van der Waals surface area contributed by atoms with Gasteiger partial charge in [0.25, 0.3) is 0 Å². The van der Waals surface area contributed by atoms with Crippen LogP contribution < -0.4 is 0 Å². The molecule has 2 saturated heterocycles. The van der Waals surface area contributed by atoms with Crippen LogP contribution in [0.5, 0.6) is 0 Å². The zero-order chi connectivity index (χ0) is 27.0. The van der Waals surface area contributed by atoms with Gasteiger partial charge in [0.2, 0.25) is 5.91 Å². The van der Waals surface area contributed by atoms with E-state index < -0.39 is 28.2 Å². The van der Waals surface area contributed by atoms with Gasteiger partial charge in [-0.1, -0.05) is 61.3 Å². The third-order valence-electron chi connectivity index (χ3n) is 7.65. The normalized spacial score (nSPS) is 27.7. The van der Waals surface area contributed by atoms with Crippen LogP contribution in [0.1, 0.15) is 62.6 Å². The summed E-state index contributed by atoms with van der Waals surface area (Å²) >= 11 is 12.6. The summed E-state index contributed by atoms with van der Waals surface area (Å²) in [5.41, 5.74) is 0.649. The van der Waals surface area contributed by atoms with E-state index in [4.69, 9.17) is 23.2 Å². The third kappa shape index (κ3) is 5.95. The molecule has 2 aromatic rings. The number of aliphatic carboxylic acids is 1. The maximum Gasteiger partial charge on any atom is 0.304 e. The minimum atomic E-state index is -2.89. The predicted octanol–water partition coefficient (Wildman–Crippen LogP) is 6.68. The highest BCUT2D eigenvalue weighted by Gasteiger charge is 2.52. The number of benzene rings is 2. The lowest BCUT2D eigenvalue weighted by Crippen LogP contribution is -2.58. The number of piperidine rings is 1. The van der Waals surface area contributed by atoms with Crippen molar-refractivity contribution in [3.63, 3.8) is 0 Å². The number of carboxylic acid groups (broad SMARTS) is 1. The minimum absolute atomic E-state index is 0.240. The van der Waals surface area contributed by atoms with Gasteiger partial charge in [0.15, 0.2) is 0 Å². The molecule has 0 aliphatic carbocycles. The molecule has 2 aliphatic heterocycles. The molecule has 4 unspecified atom stereocenters. The van der Waals surface area contributed by atoms with Crippen LogP contribution in [0.2, 0.25) is 10.0 Å². The molecule has 1 amide bonds. The Balaban J connectivity index is 1.87. The summed E-state index contributed by atoms with van der Waals surface area (Å²) in [7, 11) is -2.89. The molecule has 0 aromatic heterocycles. The molecule has 0 bridgehead atoms. The highest BCUT2D eigenvalue weighted by atomic mass is 35.5. The van der Waals surface area contributed by atoms with Crippen LogP contribution in [-0.4, -0.2) is 60.2 Å². The van der Waals surface area contributed by atoms with Crippen LogP contribution >= 0.6 is 34.0 Å². The van der Waals surface area contributed by atoms with Gasteiger partial charge < -0.3 is 10.0 Å². The first-order valence-corrected chi connectivity index (χ1v) is 14.9. The molecule has 2 aromatic carbocycles. The molecule has 0 spiro atoms. The number of halogens is 2. The fourth-order valence-corrected chi connectivity index (χ4v) is 7.78. The van der Waals surface area contributed by atoms with E-state index in [-0.39, 0.29) is 24.3 Å². The van der Waals surface area contributed by atoms with E-state index in [0.717, 1.165) is 11.1 Å². The van der Waals surface area contributed by atoms with Crippen molar-refractivity contribution in [2.24, 2.45) is 5.41 Å². The molecule has 2 aliphatic rings. The first-order chi connectivity index (χ1) is 17.4. The Bertz CT molecular complexity index is 1150. The lowest BCUT2D eigenvalue weighted by molar-refractivity contribution is -0.160. The number of carbonyl (C=O) groups is 2. The van der Waals surface area contributed by atoms with Crippen molar-refractivity contribution in [1.82, 2.24) is 9.21 Å². The Kier molecular flexibility index (Phi) is 8.48. The van der Waals surface area contributed by atoms with E-state index in [9.17, 15) is 23.8 Å². The maximum absolute atomic E-state index is 14.3. The molecule has 7 nitrogen and oxygen atoms in total. The predicted molar refractivity (Wildman–Crippen MR) is 148 cm³/mol. The Labute approximate surface area is 229 Å². The van der Waals surface area contributed by atoms with Crippen molar-refractivity contribution in [3.05, 3.63) is 69.7 Å². The van der Waals surface area contributed by atoms with Gasteiger partial charge in [-0.3, -0.25) is 18.7 Å². The number of rotatable bonds is 8. The van der Waals surface area contributed by atoms with Crippen LogP contribution in [0.3, 0.4) is 0 Å². The summed E-state index contributed by atoms with van der Waals surface area (Å²) in [6.45, 7) is 4.52. The lowest BCUT2D eigenvalue weighted by atomic mass is 9.67. The maximum atomic E-state index is 14.3. The fourth-order valence-electron chi connectivity index (χ4n) is 5.85. The van der Waals surface area contributed by atoms with Crippen LogP contribution in [0.4, 0.5) is 0 Å². The van der Waals surface area contributed by atoms with Gasteiger partial charge in [-0.2, -0.15) is 0 Å². The topological polar surface area (TPSA) is 101 Å². The van der Waals surface area contributed by atoms with Gasteiger partial charge in [0, 0.05) is 35.1 Å². The number of carbonyl (C=O) groups excluding carboxylic acids is 1. The smallest absolute Gasteiger partial charge is 0.304 e. The number of carboxylic acids is 1. The van der Waals surface area contributed by atoms with Gasteiger partial charge in [0.05, 0.1) is 23.6 Å². The number of nitrogens with zero attached hydrogens (tertiary/aromatic N) is 2. The number of amides is 1. The van der Waals surface area contributed by atoms with E-state index in [2.05, 4.69) is 0 Å². The summed E-state index contributed by atoms with van der Waals surface area (Å²) in [5.74, 6) is -1.20. The van der Waals surface area contributed by atoms with Crippen LogP contribution in [0.15, 0.2) is 48.5 Å².